The van der Waals surface area contributed by atoms with Crippen LogP contribution < -0.4 is 0 Å². The molecule has 0 aliphatic rings. The normalized spacial score (nSPS) is 12.9. The fourth-order valence-corrected chi connectivity index (χ4v) is 11.7. The number of hydrogen-bond acceptors (Lipinski definition) is 8. The number of carbonyl (C=O) groups is 2. The Labute approximate surface area is 345 Å². The number of hydrogen-bond donors (Lipinski definition) is 4. The van der Waals surface area contributed by atoms with Crippen LogP contribution in [0.3, 0.4) is 0 Å². The van der Waals surface area contributed by atoms with Gasteiger partial charge in [0.15, 0.2) is 0 Å². The predicted octanol–water partition coefficient (Wildman–Crippen LogP) is 13.1. The van der Waals surface area contributed by atoms with Crippen LogP contribution >= 0.6 is 25.3 Å². The quantitative estimate of drug-likeness (QED) is 0.0277. The molecule has 2 N–H and O–H groups in total. The molecule has 9 heteroatoms. The van der Waals surface area contributed by atoms with Gasteiger partial charge >= 0.3 is 221 Å². The van der Waals surface area contributed by atoms with Crippen LogP contribution in [0.15, 0.2) is 0 Å². The minimum absolute atomic E-state index is 0.237. The Hall–Kier alpha value is 0.359. The van der Waals surface area contributed by atoms with Gasteiger partial charge in [0.1, 0.15) is 0 Å². The molecule has 0 bridgehead atoms. The molecule has 2 atom stereocenters. The second kappa shape index (κ2) is 40.6. The van der Waals surface area contributed by atoms with Crippen LogP contribution in [-0.4, -0.2) is 66.1 Å². The maximum absolute atomic E-state index is 13.0. The zero-order chi connectivity index (χ0) is 39.1. The first-order valence-corrected chi connectivity index (χ1v) is 32.0. The molecule has 0 rings (SSSR count). The molecular formula is C44H88O6S2Sn. The van der Waals surface area contributed by atoms with Crippen molar-refractivity contribution in [3.8, 4) is 0 Å². The van der Waals surface area contributed by atoms with Crippen molar-refractivity contribution in [1.82, 2.24) is 0 Å². The summed E-state index contributed by atoms with van der Waals surface area (Å²) in [4.78, 5) is 29.8. The van der Waals surface area contributed by atoms with Crippen LogP contribution in [0.2, 0.25) is 9.88 Å². The molecule has 0 aliphatic carbocycles. The van der Waals surface area contributed by atoms with Gasteiger partial charge in [0.05, 0.1) is 0 Å². The van der Waals surface area contributed by atoms with Crippen molar-refractivity contribution in [3.05, 3.63) is 0 Å². The van der Waals surface area contributed by atoms with E-state index in [0.717, 1.165) is 51.4 Å². The molecule has 6 nitrogen and oxygen atoms in total. The van der Waals surface area contributed by atoms with E-state index in [4.69, 9.17) is 16.4 Å². The van der Waals surface area contributed by atoms with E-state index >= 15 is 0 Å². The van der Waals surface area contributed by atoms with Crippen molar-refractivity contribution in [2.45, 2.75) is 228 Å². The number of rotatable bonds is 42. The van der Waals surface area contributed by atoms with Crippen molar-refractivity contribution in [2.24, 2.45) is 11.8 Å². The van der Waals surface area contributed by atoms with Crippen LogP contribution in [0.4, 0.5) is 0 Å². The summed E-state index contributed by atoms with van der Waals surface area (Å²) in [6.45, 7) is 0.674. The first kappa shape index (κ1) is 53.4. The monoisotopic (exact) mass is 897 g/mol. The van der Waals surface area contributed by atoms with Gasteiger partial charge in [-0.25, -0.2) is 0 Å². The Morgan fingerprint density at radius 2 is 0.585 bits per heavy atom. The summed E-state index contributed by atoms with van der Waals surface area (Å²) in [5.41, 5.74) is 0. The van der Waals surface area contributed by atoms with Crippen LogP contribution in [0, 0.1) is 11.8 Å². The first-order valence-electron chi connectivity index (χ1n) is 22.7. The van der Waals surface area contributed by atoms with Gasteiger partial charge in [0.2, 0.25) is 0 Å². The molecule has 0 fully saturated rings. The van der Waals surface area contributed by atoms with Crippen molar-refractivity contribution in [1.29, 1.82) is 0 Å². The summed E-state index contributed by atoms with van der Waals surface area (Å²) in [6, 6.07) is 0. The number of thiol groups is 2. The number of aliphatic hydroxyl groups excluding tert-OH is 2. The first-order chi connectivity index (χ1) is 25.8. The molecule has 53 heavy (non-hydrogen) atoms. The van der Waals surface area contributed by atoms with Crippen molar-refractivity contribution < 1.29 is 26.0 Å². The van der Waals surface area contributed by atoms with E-state index in [2.05, 4.69) is 25.3 Å². The van der Waals surface area contributed by atoms with Gasteiger partial charge in [-0.15, -0.1) is 0 Å². The van der Waals surface area contributed by atoms with Crippen LogP contribution in [-0.2, 0) is 15.7 Å². The smallest absolute Gasteiger partial charge is 0.396 e. The molecular weight excluding hydrogens is 807 g/mol. The third-order valence-electron chi connectivity index (χ3n) is 10.7. The summed E-state index contributed by atoms with van der Waals surface area (Å²) in [6.07, 6.45) is 41.8. The van der Waals surface area contributed by atoms with Gasteiger partial charge in [-0.05, 0) is 12.8 Å². The van der Waals surface area contributed by atoms with Gasteiger partial charge in [0, 0.05) is 13.2 Å². The summed E-state index contributed by atoms with van der Waals surface area (Å²) in [5, 5.41) is 17.7. The fraction of sp³-hybridized carbons (Fsp3) is 0.955. The van der Waals surface area contributed by atoms with Crippen molar-refractivity contribution >= 4 is 56.4 Å². The molecule has 2 unspecified atom stereocenters. The van der Waals surface area contributed by atoms with E-state index in [0.29, 0.717) is 24.7 Å². The summed E-state index contributed by atoms with van der Waals surface area (Å²) >= 11 is 5.11. The predicted molar refractivity (Wildman–Crippen MR) is 236 cm³/mol. The maximum atomic E-state index is 13.0. The van der Waals surface area contributed by atoms with Gasteiger partial charge in [-0.3, -0.25) is 0 Å². The Morgan fingerprint density at radius 3 is 0.774 bits per heavy atom. The molecule has 0 heterocycles. The molecule has 316 valence electrons. The third kappa shape index (κ3) is 36.4. The minimum atomic E-state index is -3.80. The second-order valence-electron chi connectivity index (χ2n) is 16.3. The molecule has 0 radical (unpaired) electrons. The molecule has 0 aromatic rings. The zero-order valence-corrected chi connectivity index (χ0v) is 39.6. The molecule has 0 saturated heterocycles. The number of aliphatic hydroxyl groups is 2. The van der Waals surface area contributed by atoms with Crippen LogP contribution in [0.1, 0.15) is 218 Å². The number of unbranched alkanes of at least 4 members (excludes halogenated alkanes) is 30. The number of carbonyl (C=O) groups excluding carboxylic acids is 2. The average Bonchev–Trinajstić information content (AvgIpc) is 3.13. The van der Waals surface area contributed by atoms with E-state index < -0.39 is 19.2 Å². The van der Waals surface area contributed by atoms with Gasteiger partial charge < -0.3 is 10.2 Å². The zero-order valence-electron chi connectivity index (χ0n) is 34.9. The SMILES string of the molecule is [CH3][Sn]([CH3])([O]C(=O)C(CS)CCCCCCCCCCCCCCCCCCO)[O]C(=O)C(CS)CCCCCCCCCCCCCCCCCCO. The van der Waals surface area contributed by atoms with E-state index in [9.17, 15) is 9.59 Å². The second-order valence-corrected chi connectivity index (χ2v) is 26.2. The van der Waals surface area contributed by atoms with Crippen molar-refractivity contribution in [3.63, 3.8) is 0 Å². The van der Waals surface area contributed by atoms with Crippen LogP contribution in [0.5, 0.6) is 0 Å². The van der Waals surface area contributed by atoms with Gasteiger partial charge in [-0.1, -0.05) is 89.9 Å². The van der Waals surface area contributed by atoms with E-state index in [1.54, 1.807) is 0 Å². The molecule has 0 aromatic carbocycles. The van der Waals surface area contributed by atoms with Crippen LogP contribution in [0.25, 0.3) is 0 Å². The molecule has 0 saturated carbocycles. The Bertz CT molecular complexity index is 740. The summed E-state index contributed by atoms with van der Waals surface area (Å²) < 4.78 is 11.8. The summed E-state index contributed by atoms with van der Waals surface area (Å²) in [5.74, 6) is -0.0230. The van der Waals surface area contributed by atoms with Crippen molar-refractivity contribution in [2.75, 3.05) is 24.7 Å². The molecule has 0 aromatic heterocycles. The topological polar surface area (TPSA) is 93.1 Å². The Balaban J connectivity index is 3.90. The fourth-order valence-electron chi connectivity index (χ4n) is 7.19. The van der Waals surface area contributed by atoms with Gasteiger partial charge in [0.25, 0.3) is 0 Å². The average molecular weight is 896 g/mol. The van der Waals surface area contributed by atoms with Gasteiger partial charge in [-0.2, -0.15) is 0 Å². The summed E-state index contributed by atoms with van der Waals surface area (Å²) in [7, 11) is 0. The minimum Gasteiger partial charge on any atom is -0.396 e. The molecule has 0 amide bonds. The Morgan fingerprint density at radius 1 is 0.396 bits per heavy atom. The molecule has 0 aliphatic heterocycles. The molecule has 0 spiro atoms. The standard InChI is InChI=1S/2C21H42O3S.2CH3.Sn/c2*22-18-16-14-12-10-8-6-4-2-1-3-5-7-9-11-13-15-17-20(19-25)21(23)24;;;/h2*20,22,25H,1-19H2,(H,23,24);2*1H3;/q;;;;+2/p-2. The Kier molecular flexibility index (Phi) is 40.8. The third-order valence-corrected chi connectivity index (χ3v) is 15.6. The van der Waals surface area contributed by atoms with E-state index in [-0.39, 0.29) is 23.8 Å². The van der Waals surface area contributed by atoms with E-state index in [1.807, 2.05) is 9.88 Å². The van der Waals surface area contributed by atoms with E-state index in [1.165, 1.54) is 167 Å².